The Morgan fingerprint density at radius 3 is 2.43 bits per heavy atom. The molecule has 4 nitrogen and oxygen atoms in total. The lowest BCUT2D eigenvalue weighted by atomic mass is 10.3. The normalized spacial score (nSPS) is 10.7. The predicted molar refractivity (Wildman–Crippen MR) is 55.4 cm³/mol. The van der Waals surface area contributed by atoms with Crippen LogP contribution in [0.5, 0.6) is 0 Å². The van der Waals surface area contributed by atoms with Crippen molar-refractivity contribution in [2.24, 2.45) is 0 Å². The Labute approximate surface area is 84.5 Å². The predicted octanol–water partition coefficient (Wildman–Crippen LogP) is 1.81. The van der Waals surface area contributed by atoms with Crippen LogP contribution in [0.15, 0.2) is 6.07 Å². The van der Waals surface area contributed by atoms with Gasteiger partial charge in [-0.2, -0.15) is 9.78 Å². The van der Waals surface area contributed by atoms with Gasteiger partial charge in [-0.05, 0) is 33.8 Å². The Hall–Kier alpha value is -1.32. The number of carbonyl (C=O) groups is 1. The van der Waals surface area contributed by atoms with E-state index in [0.717, 1.165) is 11.4 Å². The molecule has 0 spiro atoms. The summed E-state index contributed by atoms with van der Waals surface area (Å²) in [6.07, 6.45) is 0. The summed E-state index contributed by atoms with van der Waals surface area (Å²) in [6, 6.07) is 2.00. The molecule has 0 atom stereocenters. The van der Waals surface area contributed by atoms with E-state index < -0.39 is 0 Å². The van der Waals surface area contributed by atoms with Crippen molar-refractivity contribution in [2.45, 2.75) is 33.7 Å². The maximum Gasteiger partial charge on any atom is 0.344 e. The van der Waals surface area contributed by atoms with E-state index in [1.165, 1.54) is 4.68 Å². The zero-order valence-corrected chi connectivity index (χ0v) is 9.40. The largest absolute Gasteiger partial charge is 0.344 e. The average molecular weight is 195 g/mol. The van der Waals surface area contributed by atoms with Gasteiger partial charge in [0, 0.05) is 18.8 Å². The summed E-state index contributed by atoms with van der Waals surface area (Å²) >= 11 is 0. The molecule has 0 N–H and O–H groups in total. The van der Waals surface area contributed by atoms with Crippen LogP contribution in [0.2, 0.25) is 0 Å². The van der Waals surface area contributed by atoms with Crippen LogP contribution in [0.1, 0.15) is 25.2 Å². The molecule has 0 saturated heterocycles. The van der Waals surface area contributed by atoms with E-state index in [4.69, 9.17) is 0 Å². The molecule has 1 rings (SSSR count). The third-order valence-electron chi connectivity index (χ3n) is 2.27. The fourth-order valence-electron chi connectivity index (χ4n) is 1.19. The zero-order chi connectivity index (χ0) is 10.9. The molecule has 0 aromatic carbocycles. The van der Waals surface area contributed by atoms with Gasteiger partial charge in [-0.3, -0.25) is 0 Å². The molecule has 0 unspecified atom stereocenters. The summed E-state index contributed by atoms with van der Waals surface area (Å²) in [4.78, 5) is 13.5. The van der Waals surface area contributed by atoms with Gasteiger partial charge in [-0.25, -0.2) is 4.79 Å². The number of hydrogen-bond donors (Lipinski definition) is 0. The second-order valence-corrected chi connectivity index (χ2v) is 3.83. The van der Waals surface area contributed by atoms with Crippen LogP contribution < -0.4 is 0 Å². The number of carbonyl (C=O) groups excluding carboxylic acids is 1. The van der Waals surface area contributed by atoms with E-state index in [1.807, 2.05) is 33.8 Å². The Morgan fingerprint density at radius 2 is 2.07 bits per heavy atom. The van der Waals surface area contributed by atoms with Gasteiger partial charge in [0.15, 0.2) is 0 Å². The van der Waals surface area contributed by atoms with E-state index in [2.05, 4.69) is 5.10 Å². The van der Waals surface area contributed by atoms with E-state index in [1.54, 1.807) is 11.9 Å². The molecule has 1 aromatic rings. The molecular weight excluding hydrogens is 178 g/mol. The first-order valence-corrected chi connectivity index (χ1v) is 4.74. The molecule has 0 radical (unpaired) electrons. The number of aromatic nitrogens is 2. The molecule has 0 fully saturated rings. The second kappa shape index (κ2) is 3.82. The highest BCUT2D eigenvalue weighted by molar-refractivity contribution is 5.76. The molecular formula is C10H17N3O. The molecule has 78 valence electrons. The molecule has 0 saturated carbocycles. The van der Waals surface area contributed by atoms with Crippen LogP contribution >= 0.6 is 0 Å². The highest BCUT2D eigenvalue weighted by Gasteiger charge is 2.16. The molecule has 0 bridgehead atoms. The van der Waals surface area contributed by atoms with Crippen molar-refractivity contribution in [3.63, 3.8) is 0 Å². The van der Waals surface area contributed by atoms with Crippen LogP contribution in [0.4, 0.5) is 4.79 Å². The van der Waals surface area contributed by atoms with Crippen molar-refractivity contribution >= 4 is 6.03 Å². The van der Waals surface area contributed by atoms with Crippen molar-refractivity contribution in [1.82, 2.24) is 14.7 Å². The van der Waals surface area contributed by atoms with Crippen molar-refractivity contribution in [3.8, 4) is 0 Å². The summed E-state index contributed by atoms with van der Waals surface area (Å²) in [5.41, 5.74) is 1.74. The summed E-state index contributed by atoms with van der Waals surface area (Å²) in [7, 11) is 1.78. The average Bonchev–Trinajstić information content (AvgIpc) is 2.42. The Kier molecular flexibility index (Phi) is 2.93. The van der Waals surface area contributed by atoms with Crippen LogP contribution in [0.3, 0.4) is 0 Å². The molecule has 1 aromatic heterocycles. The van der Waals surface area contributed by atoms with Gasteiger partial charge in [-0.15, -0.1) is 0 Å². The fourth-order valence-corrected chi connectivity index (χ4v) is 1.19. The third-order valence-corrected chi connectivity index (χ3v) is 2.27. The van der Waals surface area contributed by atoms with E-state index >= 15 is 0 Å². The fraction of sp³-hybridized carbons (Fsp3) is 0.600. The van der Waals surface area contributed by atoms with E-state index in [-0.39, 0.29) is 12.1 Å². The molecule has 0 aliphatic rings. The molecule has 1 heterocycles. The first kappa shape index (κ1) is 10.8. The highest BCUT2D eigenvalue weighted by Crippen LogP contribution is 2.05. The first-order valence-electron chi connectivity index (χ1n) is 4.74. The van der Waals surface area contributed by atoms with Crippen molar-refractivity contribution in [1.29, 1.82) is 0 Å². The lowest BCUT2D eigenvalue weighted by Gasteiger charge is -2.21. The summed E-state index contributed by atoms with van der Waals surface area (Å²) in [5, 5.41) is 4.14. The Morgan fingerprint density at radius 1 is 1.50 bits per heavy atom. The van der Waals surface area contributed by atoms with Gasteiger partial charge in [-0.1, -0.05) is 0 Å². The summed E-state index contributed by atoms with van der Waals surface area (Å²) in [5.74, 6) is 0. The Bertz CT molecular complexity index is 341. The van der Waals surface area contributed by atoms with E-state index in [9.17, 15) is 4.79 Å². The molecule has 0 aliphatic carbocycles. The van der Waals surface area contributed by atoms with Crippen LogP contribution in [0, 0.1) is 13.8 Å². The minimum atomic E-state index is -0.0781. The molecule has 4 heteroatoms. The minimum absolute atomic E-state index is 0.0781. The maximum absolute atomic E-state index is 11.8. The van der Waals surface area contributed by atoms with Gasteiger partial charge >= 0.3 is 6.03 Å². The number of amides is 1. The van der Waals surface area contributed by atoms with Gasteiger partial charge in [0.2, 0.25) is 0 Å². The first-order chi connectivity index (χ1) is 6.43. The number of aryl methyl sites for hydroxylation is 2. The van der Waals surface area contributed by atoms with Crippen LogP contribution in [0.25, 0.3) is 0 Å². The van der Waals surface area contributed by atoms with Gasteiger partial charge in [0.25, 0.3) is 0 Å². The highest BCUT2D eigenvalue weighted by atomic mass is 16.2. The van der Waals surface area contributed by atoms with Crippen LogP contribution in [-0.2, 0) is 0 Å². The number of hydrogen-bond acceptors (Lipinski definition) is 2. The van der Waals surface area contributed by atoms with Gasteiger partial charge < -0.3 is 4.90 Å². The van der Waals surface area contributed by atoms with Crippen molar-refractivity contribution in [3.05, 3.63) is 17.5 Å². The topological polar surface area (TPSA) is 38.1 Å². The lowest BCUT2D eigenvalue weighted by Crippen LogP contribution is -2.37. The summed E-state index contributed by atoms with van der Waals surface area (Å²) in [6.45, 7) is 7.71. The molecule has 1 amide bonds. The monoisotopic (exact) mass is 195 g/mol. The molecule has 14 heavy (non-hydrogen) atoms. The standard InChI is InChI=1S/C10H17N3O/c1-7(2)12(5)10(14)13-9(4)6-8(3)11-13/h6-7H,1-5H3. The van der Waals surface area contributed by atoms with Gasteiger partial charge in [0.1, 0.15) is 0 Å². The SMILES string of the molecule is Cc1cc(C)n(C(=O)N(C)C(C)C)n1. The number of nitrogens with zero attached hydrogens (tertiary/aromatic N) is 3. The zero-order valence-electron chi connectivity index (χ0n) is 9.40. The van der Waals surface area contributed by atoms with Gasteiger partial charge in [0.05, 0.1) is 5.69 Å². The summed E-state index contributed by atoms with van der Waals surface area (Å²) < 4.78 is 1.44. The van der Waals surface area contributed by atoms with Crippen molar-refractivity contribution in [2.75, 3.05) is 7.05 Å². The third kappa shape index (κ3) is 1.95. The second-order valence-electron chi connectivity index (χ2n) is 3.83. The smallest absolute Gasteiger partial charge is 0.323 e. The quantitative estimate of drug-likeness (QED) is 0.685. The van der Waals surface area contributed by atoms with E-state index in [0.29, 0.717) is 0 Å². The lowest BCUT2D eigenvalue weighted by molar-refractivity contribution is 0.195. The number of rotatable bonds is 1. The minimum Gasteiger partial charge on any atom is -0.323 e. The van der Waals surface area contributed by atoms with Crippen molar-refractivity contribution < 1.29 is 4.79 Å². The Balaban J connectivity index is 2.95. The maximum atomic E-state index is 11.8. The molecule has 0 aliphatic heterocycles. The van der Waals surface area contributed by atoms with Crippen LogP contribution in [-0.4, -0.2) is 33.8 Å².